The molecule has 7 nitrogen and oxygen atoms in total. The fourth-order valence-corrected chi connectivity index (χ4v) is 6.52. The molecule has 2 N–H and O–H groups in total. The van der Waals surface area contributed by atoms with Crippen LogP contribution in [0.4, 0.5) is 0 Å². The Morgan fingerprint density at radius 3 is 2.38 bits per heavy atom. The molecule has 0 bridgehead atoms. The van der Waals surface area contributed by atoms with Crippen molar-refractivity contribution < 1.29 is 17.9 Å². The van der Waals surface area contributed by atoms with E-state index in [2.05, 4.69) is 42.6 Å². The molecule has 1 aliphatic carbocycles. The van der Waals surface area contributed by atoms with E-state index in [1.54, 1.807) is 12.1 Å². The summed E-state index contributed by atoms with van der Waals surface area (Å²) in [4.78, 5) is 15.4. The average Bonchev–Trinajstić information content (AvgIpc) is 3.23. The number of rotatable bonds is 8. The second-order valence-electron chi connectivity index (χ2n) is 10.3. The fourth-order valence-electron chi connectivity index (χ4n) is 5.02. The van der Waals surface area contributed by atoms with E-state index in [0.29, 0.717) is 23.9 Å². The van der Waals surface area contributed by atoms with Gasteiger partial charge >= 0.3 is 0 Å². The van der Waals surface area contributed by atoms with E-state index in [9.17, 15) is 13.2 Å². The molecule has 1 aromatic carbocycles. The monoisotopic (exact) mass is 465 g/mol. The zero-order valence-electron chi connectivity index (χ0n) is 20.1. The molecule has 2 atom stereocenters. The van der Waals surface area contributed by atoms with Crippen molar-refractivity contribution in [2.24, 2.45) is 11.8 Å². The van der Waals surface area contributed by atoms with Crippen LogP contribution in [0, 0.1) is 11.8 Å². The Morgan fingerprint density at radius 2 is 1.78 bits per heavy atom. The number of likely N-dealkylation sites (tertiary alicyclic amines) is 1. The standard InChI is InChI=1S/C24H39N3O4S/c1-17-12-18(2)15-27(14-17)24(3,4)16-25-23(28)19-10-11-21(31-5)22(13-19)32(29,30)26-20-8-6-7-9-20/h10-11,13,17-18,20,26H,6-9,12,14-16H2,1-5H3,(H,25,28). The van der Waals surface area contributed by atoms with Crippen molar-refractivity contribution in [2.75, 3.05) is 26.7 Å². The summed E-state index contributed by atoms with van der Waals surface area (Å²) in [6, 6.07) is 4.53. The van der Waals surface area contributed by atoms with Gasteiger partial charge in [-0.2, -0.15) is 0 Å². The van der Waals surface area contributed by atoms with Crippen LogP contribution in [0.5, 0.6) is 5.75 Å². The van der Waals surface area contributed by atoms with Gasteiger partial charge in [-0.25, -0.2) is 13.1 Å². The average molecular weight is 466 g/mol. The molecule has 2 aliphatic rings. The summed E-state index contributed by atoms with van der Waals surface area (Å²) in [6.07, 6.45) is 4.96. The van der Waals surface area contributed by atoms with Crippen LogP contribution in [-0.2, 0) is 10.0 Å². The summed E-state index contributed by atoms with van der Waals surface area (Å²) in [5.74, 6) is 1.23. The topological polar surface area (TPSA) is 87.7 Å². The van der Waals surface area contributed by atoms with Gasteiger partial charge in [0.1, 0.15) is 10.6 Å². The minimum absolute atomic E-state index is 0.0116. The molecule has 2 unspecified atom stereocenters. The maximum absolute atomic E-state index is 13.0. The van der Waals surface area contributed by atoms with E-state index in [1.807, 2.05) is 0 Å². The van der Waals surface area contributed by atoms with Crippen LogP contribution in [0.1, 0.15) is 70.2 Å². The van der Waals surface area contributed by atoms with Gasteiger partial charge in [0.05, 0.1) is 7.11 Å². The Bertz CT molecular complexity index is 900. The number of piperidine rings is 1. The molecule has 1 saturated heterocycles. The van der Waals surface area contributed by atoms with Crippen molar-refractivity contribution in [3.63, 3.8) is 0 Å². The molecule has 0 aromatic heterocycles. The Labute approximate surface area is 193 Å². The first kappa shape index (κ1) is 25.0. The Balaban J connectivity index is 1.72. The van der Waals surface area contributed by atoms with Crippen LogP contribution in [0.3, 0.4) is 0 Å². The third kappa shape index (κ3) is 6.02. The first-order valence-electron chi connectivity index (χ1n) is 11.8. The second-order valence-corrected chi connectivity index (χ2v) is 12.0. The van der Waals surface area contributed by atoms with Crippen molar-refractivity contribution in [1.82, 2.24) is 14.9 Å². The SMILES string of the molecule is COc1ccc(C(=O)NCC(C)(C)N2CC(C)CC(C)C2)cc1S(=O)(=O)NC1CCCC1. The van der Waals surface area contributed by atoms with Crippen molar-refractivity contribution in [2.45, 2.75) is 76.3 Å². The lowest BCUT2D eigenvalue weighted by Gasteiger charge is -2.45. The van der Waals surface area contributed by atoms with Gasteiger partial charge in [0.2, 0.25) is 10.0 Å². The third-order valence-electron chi connectivity index (χ3n) is 6.80. The quantitative estimate of drug-likeness (QED) is 0.614. The van der Waals surface area contributed by atoms with Crippen molar-refractivity contribution >= 4 is 15.9 Å². The van der Waals surface area contributed by atoms with E-state index >= 15 is 0 Å². The summed E-state index contributed by atoms with van der Waals surface area (Å²) in [6.45, 7) is 11.4. The van der Waals surface area contributed by atoms with Crippen LogP contribution in [0.25, 0.3) is 0 Å². The van der Waals surface area contributed by atoms with Crippen molar-refractivity contribution in [3.05, 3.63) is 23.8 Å². The molecule has 1 heterocycles. The van der Waals surface area contributed by atoms with Gasteiger partial charge in [-0.1, -0.05) is 26.7 Å². The highest BCUT2D eigenvalue weighted by molar-refractivity contribution is 7.89. The maximum Gasteiger partial charge on any atom is 0.251 e. The molecule has 0 spiro atoms. The van der Waals surface area contributed by atoms with Crippen LogP contribution in [-0.4, -0.2) is 57.5 Å². The van der Waals surface area contributed by atoms with Gasteiger partial charge in [-0.3, -0.25) is 9.69 Å². The molecule has 8 heteroatoms. The van der Waals surface area contributed by atoms with Crippen molar-refractivity contribution in [3.8, 4) is 5.75 Å². The Kier molecular flexibility index (Phi) is 7.89. The highest BCUT2D eigenvalue weighted by atomic mass is 32.2. The number of carbonyl (C=O) groups excluding carboxylic acids is 1. The molecule has 1 aromatic rings. The molecule has 180 valence electrons. The number of ether oxygens (including phenoxy) is 1. The van der Waals surface area contributed by atoms with E-state index in [4.69, 9.17) is 4.74 Å². The molecule has 1 amide bonds. The number of sulfonamides is 1. The lowest BCUT2D eigenvalue weighted by atomic mass is 9.88. The number of nitrogens with zero attached hydrogens (tertiary/aromatic N) is 1. The number of carbonyl (C=O) groups is 1. The fraction of sp³-hybridized carbons (Fsp3) is 0.708. The molecular formula is C24H39N3O4S. The third-order valence-corrected chi connectivity index (χ3v) is 8.34. The molecule has 32 heavy (non-hydrogen) atoms. The highest BCUT2D eigenvalue weighted by Crippen LogP contribution is 2.29. The summed E-state index contributed by atoms with van der Waals surface area (Å²) in [5.41, 5.74) is 0.123. The Hall–Kier alpha value is -1.64. The van der Waals surface area contributed by atoms with E-state index in [0.717, 1.165) is 38.8 Å². The molecule has 1 aliphatic heterocycles. The smallest absolute Gasteiger partial charge is 0.251 e. The van der Waals surface area contributed by atoms with Crippen LogP contribution < -0.4 is 14.8 Å². The second kappa shape index (κ2) is 10.1. The van der Waals surface area contributed by atoms with Gasteiger partial charge in [0, 0.05) is 36.8 Å². The van der Waals surface area contributed by atoms with Crippen molar-refractivity contribution in [1.29, 1.82) is 0 Å². The van der Waals surface area contributed by atoms with Gasteiger partial charge in [-0.15, -0.1) is 0 Å². The number of methoxy groups -OCH3 is 1. The summed E-state index contributed by atoms with van der Waals surface area (Å²) >= 11 is 0. The molecule has 1 saturated carbocycles. The number of hydrogen-bond acceptors (Lipinski definition) is 5. The molecular weight excluding hydrogens is 426 g/mol. The number of hydrogen-bond donors (Lipinski definition) is 2. The minimum atomic E-state index is -3.78. The Morgan fingerprint density at radius 1 is 1.16 bits per heavy atom. The molecule has 2 fully saturated rings. The number of benzene rings is 1. The van der Waals surface area contributed by atoms with Crippen LogP contribution >= 0.6 is 0 Å². The summed E-state index contributed by atoms with van der Waals surface area (Å²) < 4.78 is 34.1. The highest BCUT2D eigenvalue weighted by Gasteiger charge is 2.33. The van der Waals surface area contributed by atoms with E-state index < -0.39 is 10.0 Å². The summed E-state index contributed by atoms with van der Waals surface area (Å²) in [5, 5.41) is 3.02. The largest absolute Gasteiger partial charge is 0.495 e. The summed E-state index contributed by atoms with van der Waals surface area (Å²) in [7, 11) is -2.34. The zero-order chi connectivity index (χ0) is 23.5. The predicted molar refractivity (Wildman–Crippen MR) is 127 cm³/mol. The normalized spacial score (nSPS) is 23.3. The van der Waals surface area contributed by atoms with Crippen LogP contribution in [0.2, 0.25) is 0 Å². The zero-order valence-corrected chi connectivity index (χ0v) is 20.9. The van der Waals surface area contributed by atoms with Crippen LogP contribution in [0.15, 0.2) is 23.1 Å². The molecule has 3 rings (SSSR count). The first-order valence-corrected chi connectivity index (χ1v) is 13.2. The predicted octanol–water partition coefficient (Wildman–Crippen LogP) is 3.40. The lowest BCUT2D eigenvalue weighted by Crippen LogP contribution is -2.56. The van der Waals surface area contributed by atoms with E-state index in [-0.39, 0.29) is 28.1 Å². The van der Waals surface area contributed by atoms with Gasteiger partial charge < -0.3 is 10.1 Å². The number of nitrogens with one attached hydrogen (secondary N) is 2. The molecule has 0 radical (unpaired) electrons. The first-order chi connectivity index (χ1) is 15.0. The van der Waals surface area contributed by atoms with Gasteiger partial charge in [0.15, 0.2) is 0 Å². The van der Waals surface area contributed by atoms with Gasteiger partial charge in [-0.05, 0) is 63.1 Å². The van der Waals surface area contributed by atoms with Gasteiger partial charge in [0.25, 0.3) is 5.91 Å². The maximum atomic E-state index is 13.0. The lowest BCUT2D eigenvalue weighted by molar-refractivity contribution is 0.0445. The minimum Gasteiger partial charge on any atom is -0.495 e. The van der Waals surface area contributed by atoms with E-state index in [1.165, 1.54) is 19.6 Å². The number of amides is 1.